The molecule has 136 valence electrons. The van der Waals surface area contributed by atoms with Crippen LogP contribution >= 0.6 is 0 Å². The first-order chi connectivity index (χ1) is 12.1. The fourth-order valence-corrected chi connectivity index (χ4v) is 3.56. The van der Waals surface area contributed by atoms with Gasteiger partial charge in [0.1, 0.15) is 11.5 Å². The number of rotatable bonds is 8. The molecule has 0 amide bonds. The third kappa shape index (κ3) is 5.49. The molecule has 1 aliphatic carbocycles. The summed E-state index contributed by atoms with van der Waals surface area (Å²) >= 11 is 0. The van der Waals surface area contributed by atoms with E-state index in [9.17, 15) is 10.1 Å². The number of hydrogen-bond donors (Lipinski definition) is 0. The van der Waals surface area contributed by atoms with Crippen LogP contribution in [0, 0.1) is 22.7 Å². The van der Waals surface area contributed by atoms with Crippen molar-refractivity contribution in [2.75, 3.05) is 7.11 Å². The molecule has 0 aliphatic heterocycles. The fourth-order valence-electron chi connectivity index (χ4n) is 3.56. The Morgan fingerprint density at radius 3 is 2.36 bits per heavy atom. The molecule has 4 nitrogen and oxygen atoms in total. The second-order valence-electron chi connectivity index (χ2n) is 7.07. The SMILES string of the molecule is CCCCCCC1(C#N)CCC(C(=O)Oc2ccc(OC)cc2)CC1. The summed E-state index contributed by atoms with van der Waals surface area (Å²) in [6.45, 7) is 2.19. The Bertz CT molecular complexity index is 580. The van der Waals surface area contributed by atoms with Gasteiger partial charge >= 0.3 is 5.97 Å². The first kappa shape index (κ1) is 19.3. The molecule has 0 saturated heterocycles. The Balaban J connectivity index is 1.83. The summed E-state index contributed by atoms with van der Waals surface area (Å²) in [4.78, 5) is 12.4. The van der Waals surface area contributed by atoms with Crippen LogP contribution in [0.15, 0.2) is 24.3 Å². The summed E-state index contributed by atoms with van der Waals surface area (Å²) in [5.74, 6) is 1.00. The van der Waals surface area contributed by atoms with Gasteiger partial charge in [0.05, 0.1) is 24.5 Å². The van der Waals surface area contributed by atoms with Gasteiger partial charge in [-0.1, -0.05) is 32.6 Å². The summed E-state index contributed by atoms with van der Waals surface area (Å²) in [7, 11) is 1.60. The number of hydrogen-bond acceptors (Lipinski definition) is 4. The predicted molar refractivity (Wildman–Crippen MR) is 97.4 cm³/mol. The highest BCUT2D eigenvalue weighted by Crippen LogP contribution is 2.42. The third-order valence-electron chi connectivity index (χ3n) is 5.30. The molecule has 1 aliphatic rings. The monoisotopic (exact) mass is 343 g/mol. The quantitative estimate of drug-likeness (QED) is 0.366. The van der Waals surface area contributed by atoms with E-state index in [1.165, 1.54) is 19.3 Å². The molecule has 25 heavy (non-hydrogen) atoms. The molecular formula is C21H29NO3. The Morgan fingerprint density at radius 2 is 1.80 bits per heavy atom. The highest BCUT2D eigenvalue weighted by atomic mass is 16.5. The van der Waals surface area contributed by atoms with Gasteiger partial charge < -0.3 is 9.47 Å². The lowest BCUT2D eigenvalue weighted by atomic mass is 9.69. The molecule has 0 radical (unpaired) electrons. The van der Waals surface area contributed by atoms with Gasteiger partial charge in [0, 0.05) is 0 Å². The van der Waals surface area contributed by atoms with Crippen LogP contribution < -0.4 is 9.47 Å². The number of nitrogens with zero attached hydrogens (tertiary/aromatic N) is 1. The lowest BCUT2D eigenvalue weighted by molar-refractivity contribution is -0.140. The third-order valence-corrected chi connectivity index (χ3v) is 5.30. The van der Waals surface area contributed by atoms with Gasteiger partial charge in [0.2, 0.25) is 0 Å². The molecule has 0 spiro atoms. The van der Waals surface area contributed by atoms with Gasteiger partial charge in [-0.25, -0.2) is 0 Å². The molecule has 0 unspecified atom stereocenters. The normalized spacial score (nSPS) is 22.8. The van der Waals surface area contributed by atoms with Gasteiger partial charge in [-0.2, -0.15) is 5.26 Å². The average Bonchev–Trinajstić information content (AvgIpc) is 2.66. The summed E-state index contributed by atoms with van der Waals surface area (Å²) in [5.41, 5.74) is -0.232. The van der Waals surface area contributed by atoms with Gasteiger partial charge in [0.15, 0.2) is 0 Å². The van der Waals surface area contributed by atoms with E-state index in [0.717, 1.165) is 44.3 Å². The van der Waals surface area contributed by atoms with Gasteiger partial charge in [0.25, 0.3) is 0 Å². The maximum atomic E-state index is 12.4. The largest absolute Gasteiger partial charge is 0.497 e. The molecule has 2 rings (SSSR count). The average molecular weight is 343 g/mol. The number of carbonyl (C=O) groups excluding carboxylic acids is 1. The highest BCUT2D eigenvalue weighted by molar-refractivity contribution is 5.75. The number of ether oxygens (including phenoxy) is 2. The summed E-state index contributed by atoms with van der Waals surface area (Å²) in [6.07, 6.45) is 8.81. The van der Waals surface area contributed by atoms with E-state index in [0.29, 0.717) is 5.75 Å². The Hall–Kier alpha value is -2.02. The highest BCUT2D eigenvalue weighted by Gasteiger charge is 2.37. The molecule has 1 aromatic carbocycles. The van der Waals surface area contributed by atoms with Crippen molar-refractivity contribution in [2.45, 2.75) is 64.7 Å². The van der Waals surface area contributed by atoms with Crippen molar-refractivity contribution in [3.05, 3.63) is 24.3 Å². The first-order valence-electron chi connectivity index (χ1n) is 9.39. The molecule has 4 heteroatoms. The Labute approximate surface area is 151 Å². The van der Waals surface area contributed by atoms with Crippen LogP contribution in [0.5, 0.6) is 11.5 Å². The summed E-state index contributed by atoms with van der Waals surface area (Å²) in [5, 5.41) is 9.63. The molecule has 0 bridgehead atoms. The van der Waals surface area contributed by atoms with E-state index in [1.54, 1.807) is 31.4 Å². The van der Waals surface area contributed by atoms with Crippen LogP contribution in [0.1, 0.15) is 64.7 Å². The van der Waals surface area contributed by atoms with Crippen molar-refractivity contribution < 1.29 is 14.3 Å². The minimum Gasteiger partial charge on any atom is -0.497 e. The van der Waals surface area contributed by atoms with Crippen LogP contribution in [0.4, 0.5) is 0 Å². The minimum atomic E-state index is -0.232. The zero-order valence-electron chi connectivity index (χ0n) is 15.4. The Morgan fingerprint density at radius 1 is 1.16 bits per heavy atom. The van der Waals surface area contributed by atoms with Crippen molar-refractivity contribution in [3.63, 3.8) is 0 Å². The molecular weight excluding hydrogens is 314 g/mol. The first-order valence-corrected chi connectivity index (χ1v) is 9.39. The van der Waals surface area contributed by atoms with Crippen molar-refractivity contribution in [1.29, 1.82) is 5.26 Å². The second kappa shape index (κ2) is 9.46. The van der Waals surface area contributed by atoms with Crippen molar-refractivity contribution >= 4 is 5.97 Å². The van der Waals surface area contributed by atoms with Crippen molar-refractivity contribution in [3.8, 4) is 17.6 Å². The summed E-state index contributed by atoms with van der Waals surface area (Å²) in [6, 6.07) is 9.59. The topological polar surface area (TPSA) is 59.3 Å². The number of methoxy groups -OCH3 is 1. The van der Waals surface area contributed by atoms with E-state index in [-0.39, 0.29) is 17.3 Å². The maximum Gasteiger partial charge on any atom is 0.314 e. The minimum absolute atomic E-state index is 0.0979. The smallest absolute Gasteiger partial charge is 0.314 e. The fraction of sp³-hybridized carbons (Fsp3) is 0.619. The lowest BCUT2D eigenvalue weighted by Gasteiger charge is -2.34. The number of unbranched alkanes of at least 4 members (excludes halogenated alkanes) is 3. The lowest BCUT2D eigenvalue weighted by Crippen LogP contribution is -2.31. The van der Waals surface area contributed by atoms with E-state index in [2.05, 4.69) is 13.0 Å². The maximum absolute atomic E-state index is 12.4. The second-order valence-corrected chi connectivity index (χ2v) is 7.07. The van der Waals surface area contributed by atoms with E-state index >= 15 is 0 Å². The predicted octanol–water partition coefficient (Wildman–Crippen LogP) is 5.27. The van der Waals surface area contributed by atoms with Crippen LogP contribution in [-0.2, 0) is 4.79 Å². The van der Waals surface area contributed by atoms with Gasteiger partial charge in [-0.15, -0.1) is 0 Å². The van der Waals surface area contributed by atoms with Crippen LogP contribution in [0.3, 0.4) is 0 Å². The molecule has 0 N–H and O–H groups in total. The molecule has 1 fully saturated rings. The zero-order chi connectivity index (χ0) is 18.1. The van der Waals surface area contributed by atoms with E-state index < -0.39 is 0 Å². The van der Waals surface area contributed by atoms with E-state index in [1.807, 2.05) is 0 Å². The van der Waals surface area contributed by atoms with Crippen LogP contribution in [0.25, 0.3) is 0 Å². The Kier molecular flexibility index (Phi) is 7.31. The number of benzene rings is 1. The van der Waals surface area contributed by atoms with Gasteiger partial charge in [-0.05, 0) is 56.4 Å². The van der Waals surface area contributed by atoms with Crippen molar-refractivity contribution in [2.24, 2.45) is 11.3 Å². The number of carbonyl (C=O) groups is 1. The molecule has 0 atom stereocenters. The zero-order valence-corrected chi connectivity index (χ0v) is 15.4. The number of nitriles is 1. The van der Waals surface area contributed by atoms with Crippen LogP contribution in [0.2, 0.25) is 0 Å². The standard InChI is InChI=1S/C21H29NO3/c1-3-4-5-6-13-21(16-22)14-11-17(12-15-21)20(23)25-19-9-7-18(24-2)8-10-19/h7-10,17H,3-6,11-15H2,1-2H3. The van der Waals surface area contributed by atoms with Gasteiger partial charge in [-0.3, -0.25) is 4.79 Å². The van der Waals surface area contributed by atoms with Crippen LogP contribution in [-0.4, -0.2) is 13.1 Å². The molecule has 1 saturated carbocycles. The molecule has 0 aromatic heterocycles. The molecule has 0 heterocycles. The number of esters is 1. The van der Waals surface area contributed by atoms with Crippen molar-refractivity contribution in [1.82, 2.24) is 0 Å². The summed E-state index contributed by atoms with van der Waals surface area (Å²) < 4.78 is 10.6. The molecule has 1 aromatic rings. The van der Waals surface area contributed by atoms with E-state index in [4.69, 9.17) is 9.47 Å².